The molecule has 0 aromatic heterocycles. The van der Waals surface area contributed by atoms with Crippen LogP contribution in [0.2, 0.25) is 0 Å². The Kier molecular flexibility index (Phi) is 6.70. The van der Waals surface area contributed by atoms with Crippen molar-refractivity contribution < 1.29 is 9.53 Å². The molecule has 4 N–H and O–H groups in total. The lowest BCUT2D eigenvalue weighted by Gasteiger charge is -2.44. The molecule has 1 spiro atoms. The molecule has 9 heteroatoms. The molecular weight excluding hydrogens is 478 g/mol. The second-order valence-electron chi connectivity index (χ2n) is 12.3. The zero-order valence-electron chi connectivity index (χ0n) is 22.6. The van der Waals surface area contributed by atoms with E-state index in [4.69, 9.17) is 4.74 Å². The number of fused-ring (bicyclic) bond motifs is 8. The molecule has 9 nitrogen and oxygen atoms in total. The van der Waals surface area contributed by atoms with Gasteiger partial charge in [-0.05, 0) is 81.7 Å². The van der Waals surface area contributed by atoms with Gasteiger partial charge in [0.05, 0.1) is 24.8 Å². The van der Waals surface area contributed by atoms with Gasteiger partial charge in [-0.15, -0.1) is 0 Å². The van der Waals surface area contributed by atoms with Crippen molar-refractivity contribution in [3.63, 3.8) is 0 Å². The third-order valence-electron chi connectivity index (χ3n) is 9.42. The third kappa shape index (κ3) is 4.67. The summed E-state index contributed by atoms with van der Waals surface area (Å²) in [5.41, 5.74) is 4.51. The Bertz CT molecular complexity index is 1080. The van der Waals surface area contributed by atoms with Gasteiger partial charge in [-0.2, -0.15) is 5.01 Å². The number of piperidine rings is 1. The fourth-order valence-electron chi connectivity index (χ4n) is 7.41. The summed E-state index contributed by atoms with van der Waals surface area (Å²) in [7, 11) is 2.24. The molecule has 5 heterocycles. The molecule has 1 aromatic carbocycles. The van der Waals surface area contributed by atoms with Crippen LogP contribution in [-0.4, -0.2) is 79.0 Å². The summed E-state index contributed by atoms with van der Waals surface area (Å²) in [4.78, 5) is 16.1. The second-order valence-corrected chi connectivity index (χ2v) is 12.3. The normalized spacial score (nSPS) is 36.3. The molecule has 5 atom stereocenters. The number of amides is 1. The first-order valence-electron chi connectivity index (χ1n) is 14.8. The number of likely N-dealkylation sites (N-methyl/N-ethyl adjacent to an activating group) is 1. The summed E-state index contributed by atoms with van der Waals surface area (Å²) in [5.74, 6) is 0.0775. The van der Waals surface area contributed by atoms with Gasteiger partial charge in [0.25, 0.3) is 0 Å². The number of carbonyl (C=O) groups is 1. The quantitative estimate of drug-likeness (QED) is 0.441. The van der Waals surface area contributed by atoms with Crippen LogP contribution in [0.5, 0.6) is 0 Å². The number of hydrogen-bond acceptors (Lipinski definition) is 8. The van der Waals surface area contributed by atoms with Crippen LogP contribution in [0.1, 0.15) is 62.5 Å². The molecule has 7 rings (SSSR count). The first-order chi connectivity index (χ1) is 18.6. The molecule has 1 saturated carbocycles. The highest BCUT2D eigenvalue weighted by atomic mass is 16.5. The number of nitrogens with zero attached hydrogens (tertiary/aromatic N) is 3. The Morgan fingerprint density at radius 3 is 2.92 bits per heavy atom. The zero-order chi connectivity index (χ0) is 25.7. The van der Waals surface area contributed by atoms with Crippen LogP contribution in [-0.2, 0) is 21.5 Å². The fourth-order valence-corrected chi connectivity index (χ4v) is 7.41. The lowest BCUT2D eigenvalue weighted by Crippen LogP contribution is -2.68. The molecule has 206 valence electrons. The van der Waals surface area contributed by atoms with Crippen LogP contribution in [0.15, 0.2) is 30.4 Å². The van der Waals surface area contributed by atoms with Gasteiger partial charge in [0.2, 0.25) is 5.91 Å². The maximum Gasteiger partial charge on any atom is 0.244 e. The van der Waals surface area contributed by atoms with Gasteiger partial charge in [0.15, 0.2) is 0 Å². The summed E-state index contributed by atoms with van der Waals surface area (Å²) >= 11 is 0. The number of anilines is 1. The molecule has 1 aromatic rings. The summed E-state index contributed by atoms with van der Waals surface area (Å²) in [5, 5.41) is 19.0. The second kappa shape index (κ2) is 10.2. The van der Waals surface area contributed by atoms with Crippen LogP contribution < -0.4 is 21.3 Å². The highest BCUT2D eigenvalue weighted by Gasteiger charge is 2.52. The van der Waals surface area contributed by atoms with Gasteiger partial charge >= 0.3 is 0 Å². The Labute approximate surface area is 226 Å². The van der Waals surface area contributed by atoms with E-state index in [0.29, 0.717) is 18.5 Å². The molecule has 1 amide bonds. The maximum atomic E-state index is 13.6. The highest BCUT2D eigenvalue weighted by Crippen LogP contribution is 2.52. The molecule has 0 radical (unpaired) electrons. The van der Waals surface area contributed by atoms with Crippen LogP contribution in [0, 0.1) is 5.92 Å². The number of carbonyl (C=O) groups excluding carboxylic acids is 1. The van der Waals surface area contributed by atoms with E-state index in [1.807, 2.05) is 5.01 Å². The minimum atomic E-state index is -0.121. The molecule has 38 heavy (non-hydrogen) atoms. The third-order valence-corrected chi connectivity index (χ3v) is 9.42. The van der Waals surface area contributed by atoms with E-state index in [2.05, 4.69) is 68.6 Å². The fraction of sp³-hybridized carbons (Fsp3) is 0.690. The minimum absolute atomic E-state index is 0.0532. The van der Waals surface area contributed by atoms with Crippen molar-refractivity contribution >= 4 is 11.6 Å². The van der Waals surface area contributed by atoms with E-state index in [-0.39, 0.29) is 36.7 Å². The first kappa shape index (κ1) is 25.0. The van der Waals surface area contributed by atoms with E-state index < -0.39 is 0 Å². The standard InChI is InChI=1S/C29H43N7O2/c1-34-18-20-16-21(10-11-23(20)29(19-34)12-13-29)31-28-30-17-22-26(33-28)36-24-8-7-9-25(32-24)38-15-6-4-2-3-5-14-35(36)27(22)37/h3,5,10-11,16,22,24-26,28,30-33H,2,4,6-9,12-15,17-19H2,1H3/b5-3-. The van der Waals surface area contributed by atoms with Crippen molar-refractivity contribution in [1.29, 1.82) is 0 Å². The van der Waals surface area contributed by atoms with Crippen molar-refractivity contribution in [1.82, 2.24) is 30.9 Å². The number of nitrogens with one attached hydrogen (secondary N) is 4. The van der Waals surface area contributed by atoms with E-state index in [1.54, 1.807) is 5.56 Å². The number of benzene rings is 1. The van der Waals surface area contributed by atoms with Crippen LogP contribution >= 0.6 is 0 Å². The monoisotopic (exact) mass is 521 g/mol. The maximum absolute atomic E-state index is 13.6. The SMILES string of the molecule is CN1Cc2cc(NC3NCC4C(=O)N5C/C=C\CCCCOC6CCCC(N6)N5C4N3)ccc2C2(CC2)C1. The average molecular weight is 522 g/mol. The van der Waals surface area contributed by atoms with Gasteiger partial charge in [-0.25, -0.2) is 0 Å². The van der Waals surface area contributed by atoms with Crippen molar-refractivity contribution in [2.75, 3.05) is 38.6 Å². The van der Waals surface area contributed by atoms with Crippen molar-refractivity contribution in [3.8, 4) is 0 Å². The van der Waals surface area contributed by atoms with E-state index in [0.717, 1.165) is 57.4 Å². The van der Waals surface area contributed by atoms with Crippen LogP contribution in [0.3, 0.4) is 0 Å². The summed E-state index contributed by atoms with van der Waals surface area (Å²) in [6.45, 7) is 4.24. The Balaban J connectivity index is 1.10. The van der Waals surface area contributed by atoms with Crippen LogP contribution in [0.4, 0.5) is 5.69 Å². The number of rotatable bonds is 2. The van der Waals surface area contributed by atoms with Gasteiger partial charge in [0.1, 0.15) is 12.5 Å². The molecule has 3 saturated heterocycles. The van der Waals surface area contributed by atoms with Crippen molar-refractivity contribution in [3.05, 3.63) is 41.5 Å². The predicted octanol–water partition coefficient (Wildman–Crippen LogP) is 2.24. The summed E-state index contributed by atoms with van der Waals surface area (Å²) in [6, 6.07) is 6.92. The molecule has 4 fully saturated rings. The number of allylic oxidation sites excluding steroid dienone is 1. The van der Waals surface area contributed by atoms with Gasteiger partial charge in [-0.3, -0.25) is 25.8 Å². The molecule has 5 unspecified atom stereocenters. The zero-order valence-corrected chi connectivity index (χ0v) is 22.6. The summed E-state index contributed by atoms with van der Waals surface area (Å²) < 4.78 is 6.20. The molecule has 5 aliphatic heterocycles. The minimum Gasteiger partial charge on any atom is -0.363 e. The molecule has 2 bridgehead atoms. The molecule has 6 aliphatic rings. The van der Waals surface area contributed by atoms with Crippen LogP contribution in [0.25, 0.3) is 0 Å². The highest BCUT2D eigenvalue weighted by molar-refractivity contribution is 5.82. The summed E-state index contributed by atoms with van der Waals surface area (Å²) in [6.07, 6.45) is 13.3. The van der Waals surface area contributed by atoms with Gasteiger partial charge < -0.3 is 15.0 Å². The van der Waals surface area contributed by atoms with E-state index in [1.165, 1.54) is 24.9 Å². The number of ether oxygens (including phenoxy) is 1. The Morgan fingerprint density at radius 2 is 2.03 bits per heavy atom. The predicted molar refractivity (Wildman–Crippen MR) is 147 cm³/mol. The van der Waals surface area contributed by atoms with Gasteiger partial charge in [-0.1, -0.05) is 18.2 Å². The number of hydrazine groups is 1. The topological polar surface area (TPSA) is 84.1 Å². The van der Waals surface area contributed by atoms with Gasteiger partial charge in [0, 0.05) is 37.3 Å². The van der Waals surface area contributed by atoms with E-state index in [9.17, 15) is 4.79 Å². The lowest BCUT2D eigenvalue weighted by atomic mass is 9.87. The molecular formula is C29H43N7O2. The average Bonchev–Trinajstić information content (AvgIpc) is 3.61. The lowest BCUT2D eigenvalue weighted by molar-refractivity contribution is -0.148. The number of hydrogen-bond donors (Lipinski definition) is 4. The van der Waals surface area contributed by atoms with E-state index >= 15 is 0 Å². The molecule has 1 aliphatic carbocycles. The van der Waals surface area contributed by atoms with Crippen molar-refractivity contribution in [2.24, 2.45) is 5.92 Å². The van der Waals surface area contributed by atoms with Crippen molar-refractivity contribution in [2.45, 2.75) is 88.2 Å². The Hall–Kier alpha value is -2.01. The Morgan fingerprint density at radius 1 is 1.11 bits per heavy atom. The smallest absolute Gasteiger partial charge is 0.244 e. The largest absolute Gasteiger partial charge is 0.363 e. The first-order valence-corrected chi connectivity index (χ1v) is 14.8.